The molecule has 2 atom stereocenters. The number of benzene rings is 2. The third-order valence-corrected chi connectivity index (χ3v) is 9.79. The van der Waals surface area contributed by atoms with Crippen molar-refractivity contribution in [3.63, 3.8) is 0 Å². The molecule has 1 aliphatic rings. The fraction of sp³-hybridized carbons (Fsp3) is 0.558. The SMILES string of the molecule is CC1CCCN1C=O.CNC(C)C(C)(C)C.COc1cc(C)ccc1N.Cc1ncsc1-c1ccc(CNC=O)cc1.O=CCCOCCOCCOCCNC=O. The zero-order valence-corrected chi connectivity index (χ0v) is 37.0. The molecule has 0 saturated carbocycles. The van der Waals surface area contributed by atoms with Crippen LogP contribution in [-0.4, -0.2) is 114 Å². The first-order valence-electron chi connectivity index (χ1n) is 19.6. The summed E-state index contributed by atoms with van der Waals surface area (Å²) in [4.78, 5) is 47.4. The highest BCUT2D eigenvalue weighted by atomic mass is 32.1. The minimum absolute atomic E-state index is 0.398. The highest BCUT2D eigenvalue weighted by molar-refractivity contribution is 7.13. The van der Waals surface area contributed by atoms with Gasteiger partial charge in [-0.15, -0.1) is 11.3 Å². The van der Waals surface area contributed by atoms with E-state index in [2.05, 4.69) is 67.7 Å². The fourth-order valence-electron chi connectivity index (χ4n) is 4.74. The average Bonchev–Trinajstić information content (AvgIpc) is 3.85. The normalized spacial score (nSPS) is 13.3. The van der Waals surface area contributed by atoms with Gasteiger partial charge in [0.1, 0.15) is 12.0 Å². The number of ether oxygens (including phenoxy) is 4. The maximum absolute atomic E-state index is 10.2. The van der Waals surface area contributed by atoms with Gasteiger partial charge in [0.05, 0.1) is 68.5 Å². The molecule has 0 bridgehead atoms. The van der Waals surface area contributed by atoms with Crippen LogP contribution in [0.3, 0.4) is 0 Å². The number of methoxy groups -OCH3 is 1. The number of likely N-dealkylation sites (tertiary alicyclic amines) is 1. The number of nitrogens with zero attached hydrogens (tertiary/aromatic N) is 2. The highest BCUT2D eigenvalue weighted by Gasteiger charge is 2.17. The smallest absolute Gasteiger partial charge is 0.209 e. The van der Waals surface area contributed by atoms with Crippen molar-refractivity contribution in [2.45, 2.75) is 86.4 Å². The summed E-state index contributed by atoms with van der Waals surface area (Å²) >= 11 is 1.64. The molecule has 1 fully saturated rings. The summed E-state index contributed by atoms with van der Waals surface area (Å²) in [6.07, 6.45) is 5.89. The second-order valence-electron chi connectivity index (χ2n) is 14.3. The maximum atomic E-state index is 10.2. The number of hydrogen-bond donors (Lipinski definition) is 4. The van der Waals surface area contributed by atoms with E-state index in [4.69, 9.17) is 24.7 Å². The molecule has 0 radical (unpaired) electrons. The van der Waals surface area contributed by atoms with Crippen LogP contribution in [0.1, 0.15) is 70.7 Å². The number of thiazole rings is 1. The Morgan fingerprint density at radius 1 is 0.931 bits per heavy atom. The van der Waals surface area contributed by atoms with Crippen LogP contribution in [0.15, 0.2) is 48.0 Å². The van der Waals surface area contributed by atoms with E-state index in [0.29, 0.717) is 95.2 Å². The van der Waals surface area contributed by atoms with Crippen molar-refractivity contribution >= 4 is 42.5 Å². The van der Waals surface area contributed by atoms with Crippen LogP contribution < -0.4 is 26.4 Å². The number of nitrogens with one attached hydrogen (secondary N) is 3. The van der Waals surface area contributed by atoms with Crippen LogP contribution in [0, 0.1) is 19.3 Å². The Labute approximate surface area is 350 Å². The minimum atomic E-state index is 0.398. The van der Waals surface area contributed by atoms with Gasteiger partial charge < -0.3 is 50.3 Å². The number of rotatable bonds is 20. The Balaban J connectivity index is 0.000000724. The van der Waals surface area contributed by atoms with Crippen molar-refractivity contribution in [3.05, 3.63) is 64.8 Å². The first-order valence-corrected chi connectivity index (χ1v) is 20.5. The molecule has 5 N–H and O–H groups in total. The van der Waals surface area contributed by atoms with E-state index in [-0.39, 0.29) is 0 Å². The molecular weight excluding hydrogens is 761 g/mol. The van der Waals surface area contributed by atoms with Gasteiger partial charge in [-0.05, 0) is 81.8 Å². The molecule has 2 unspecified atom stereocenters. The molecule has 2 aromatic carbocycles. The van der Waals surface area contributed by atoms with Gasteiger partial charge in [0.25, 0.3) is 0 Å². The third kappa shape index (κ3) is 25.8. The Hall–Kier alpha value is -4.41. The quantitative estimate of drug-likeness (QED) is 0.0633. The van der Waals surface area contributed by atoms with Crippen LogP contribution in [0.5, 0.6) is 5.75 Å². The van der Waals surface area contributed by atoms with Crippen LogP contribution in [0.4, 0.5) is 5.69 Å². The molecule has 3 amide bonds. The Morgan fingerprint density at radius 2 is 1.55 bits per heavy atom. The molecule has 3 aromatic rings. The largest absolute Gasteiger partial charge is 0.495 e. The number of nitrogens with two attached hydrogens (primary N) is 1. The third-order valence-electron chi connectivity index (χ3n) is 8.81. The standard InChI is InChI=1S/C12H12N2OS.C10H19NO5.C8H11NO.C7H17N.C6H11NO/c1-9-12(16-8-14-9)11-4-2-10(3-5-11)6-13-7-15;12-3-1-4-14-6-8-16-9-7-15-5-2-11-10-13;1-6-3-4-7(9)8(5-6)10-2;1-6(8-5)7(2,3)4;1-6-3-2-4-7(6)5-8/h2-5,7-8H,6H2,1H3,(H,13,15);3,10H,1-2,4-9H2,(H,11,13);3-5H,9H2,1-2H3;6,8H,1-5H3;5-6H,2-4H2,1H3. The number of carbonyl (C=O) groups is 4. The molecule has 326 valence electrons. The zero-order valence-electron chi connectivity index (χ0n) is 36.2. The van der Waals surface area contributed by atoms with Crippen LogP contribution in [0.2, 0.25) is 0 Å². The number of carbonyl (C=O) groups excluding carboxylic acids is 4. The number of aryl methyl sites for hydroxylation is 2. The van der Waals surface area contributed by atoms with Crippen molar-refractivity contribution < 1.29 is 38.1 Å². The zero-order chi connectivity index (χ0) is 43.6. The number of hydrogen-bond acceptors (Lipinski definition) is 12. The van der Waals surface area contributed by atoms with Gasteiger partial charge in [0.15, 0.2) is 0 Å². The van der Waals surface area contributed by atoms with Gasteiger partial charge in [-0.3, -0.25) is 14.4 Å². The maximum Gasteiger partial charge on any atom is 0.209 e. The molecule has 1 aliphatic heterocycles. The first kappa shape index (κ1) is 53.6. The van der Waals surface area contributed by atoms with E-state index in [0.717, 1.165) is 41.8 Å². The van der Waals surface area contributed by atoms with Gasteiger partial charge in [0.2, 0.25) is 19.2 Å². The summed E-state index contributed by atoms with van der Waals surface area (Å²) in [7, 11) is 3.61. The molecule has 58 heavy (non-hydrogen) atoms. The van der Waals surface area contributed by atoms with Gasteiger partial charge in [0, 0.05) is 38.1 Å². The second-order valence-corrected chi connectivity index (χ2v) is 15.1. The minimum Gasteiger partial charge on any atom is -0.495 e. The van der Waals surface area contributed by atoms with Crippen molar-refractivity contribution in [3.8, 4) is 16.2 Å². The lowest BCUT2D eigenvalue weighted by molar-refractivity contribution is -0.118. The summed E-state index contributed by atoms with van der Waals surface area (Å²) in [6.45, 7) is 19.9. The summed E-state index contributed by atoms with van der Waals surface area (Å²) in [5, 5.41) is 8.33. The van der Waals surface area contributed by atoms with Crippen LogP contribution >= 0.6 is 11.3 Å². The summed E-state index contributed by atoms with van der Waals surface area (Å²) in [6, 6.07) is 15.0. The van der Waals surface area contributed by atoms with Gasteiger partial charge >= 0.3 is 0 Å². The van der Waals surface area contributed by atoms with Crippen molar-refractivity contribution in [1.29, 1.82) is 0 Å². The number of amides is 3. The topological polar surface area (TPSA) is 183 Å². The first-order chi connectivity index (χ1) is 27.8. The Bertz CT molecular complexity index is 1480. The molecule has 0 spiro atoms. The van der Waals surface area contributed by atoms with Gasteiger partial charge in [-0.2, -0.15) is 0 Å². The molecule has 1 saturated heterocycles. The molecular formula is C43H70N6O8S. The molecule has 0 aliphatic carbocycles. The number of anilines is 1. The van der Waals surface area contributed by atoms with Crippen LogP contribution in [-0.2, 0) is 39.9 Å². The summed E-state index contributed by atoms with van der Waals surface area (Å²) < 4.78 is 20.4. The molecule has 2 heterocycles. The molecule has 4 rings (SSSR count). The predicted molar refractivity (Wildman–Crippen MR) is 234 cm³/mol. The number of aromatic nitrogens is 1. The number of aldehydes is 1. The van der Waals surface area contributed by atoms with Gasteiger partial charge in [-0.25, -0.2) is 4.98 Å². The summed E-state index contributed by atoms with van der Waals surface area (Å²) in [5.74, 6) is 0.750. The second kappa shape index (κ2) is 33.6. The summed E-state index contributed by atoms with van der Waals surface area (Å²) in [5.41, 5.74) is 13.0. The van der Waals surface area contributed by atoms with E-state index in [1.165, 1.54) is 23.3 Å². The average molecular weight is 831 g/mol. The lowest BCUT2D eigenvalue weighted by Crippen LogP contribution is -2.34. The van der Waals surface area contributed by atoms with E-state index >= 15 is 0 Å². The van der Waals surface area contributed by atoms with E-state index < -0.39 is 0 Å². The molecule has 15 heteroatoms. The highest BCUT2D eigenvalue weighted by Crippen LogP contribution is 2.27. The van der Waals surface area contributed by atoms with Crippen molar-refractivity contribution in [1.82, 2.24) is 25.8 Å². The fourth-order valence-corrected chi connectivity index (χ4v) is 5.55. The van der Waals surface area contributed by atoms with E-state index in [1.807, 2.05) is 61.6 Å². The lowest BCUT2D eigenvalue weighted by atomic mass is 9.88. The van der Waals surface area contributed by atoms with Crippen molar-refractivity contribution in [2.75, 3.05) is 72.6 Å². The van der Waals surface area contributed by atoms with E-state index in [9.17, 15) is 19.2 Å². The van der Waals surface area contributed by atoms with Crippen LogP contribution in [0.25, 0.3) is 10.4 Å². The molecule has 1 aromatic heterocycles. The number of nitrogen functional groups attached to an aromatic ring is 1. The van der Waals surface area contributed by atoms with Gasteiger partial charge in [-0.1, -0.05) is 51.1 Å². The Morgan fingerprint density at radius 3 is 1.98 bits per heavy atom. The van der Waals surface area contributed by atoms with E-state index in [1.54, 1.807) is 18.4 Å². The Kier molecular flexibility index (Phi) is 31.0. The lowest BCUT2D eigenvalue weighted by Gasteiger charge is -2.26. The molecule has 14 nitrogen and oxygen atoms in total. The van der Waals surface area contributed by atoms with Crippen molar-refractivity contribution in [2.24, 2.45) is 5.41 Å². The monoisotopic (exact) mass is 830 g/mol. The predicted octanol–water partition coefficient (Wildman–Crippen LogP) is 5.59.